The maximum absolute atomic E-state index is 13.1. The lowest BCUT2D eigenvalue weighted by Gasteiger charge is -2.37. The molecule has 10 nitrogen and oxygen atoms in total. The maximum atomic E-state index is 13.1. The van der Waals surface area contributed by atoms with Crippen molar-refractivity contribution in [2.24, 2.45) is 0 Å². The summed E-state index contributed by atoms with van der Waals surface area (Å²) in [6, 6.07) is 1.06. The molecule has 1 atom stereocenters. The smallest absolute Gasteiger partial charge is 0.317 e. The minimum atomic E-state index is -0.772. The van der Waals surface area contributed by atoms with Gasteiger partial charge in [0.15, 0.2) is 0 Å². The van der Waals surface area contributed by atoms with E-state index >= 15 is 0 Å². The van der Waals surface area contributed by atoms with Crippen LogP contribution in [-0.2, 0) is 4.79 Å². The predicted octanol–water partition coefficient (Wildman–Crippen LogP) is 1.37. The van der Waals surface area contributed by atoms with Gasteiger partial charge in [-0.15, -0.1) is 0 Å². The summed E-state index contributed by atoms with van der Waals surface area (Å²) in [6.45, 7) is 2.71. The summed E-state index contributed by atoms with van der Waals surface area (Å²) in [7, 11) is 0. The fraction of sp³-hybridized carbons (Fsp3) is 0.500. The summed E-state index contributed by atoms with van der Waals surface area (Å²) in [6.07, 6.45) is 1.50. The summed E-state index contributed by atoms with van der Waals surface area (Å²) in [4.78, 5) is 56.1. The Labute approximate surface area is 192 Å². The number of anilines is 1. The number of hydrogen-bond acceptors (Lipinski definition) is 5. The van der Waals surface area contributed by atoms with Crippen LogP contribution in [-0.4, -0.2) is 70.1 Å². The zero-order chi connectivity index (χ0) is 22.6. The molecule has 0 saturated carbocycles. The van der Waals surface area contributed by atoms with Crippen molar-refractivity contribution < 1.29 is 9.59 Å². The van der Waals surface area contributed by atoms with Crippen molar-refractivity contribution in [2.45, 2.75) is 31.3 Å². The van der Waals surface area contributed by atoms with Crippen LogP contribution in [0.1, 0.15) is 25.3 Å². The number of urea groups is 1. The van der Waals surface area contributed by atoms with Crippen LogP contribution in [0, 0.1) is 0 Å². The number of piperidine rings is 1. The molecule has 4 heterocycles. The third kappa shape index (κ3) is 3.41. The second kappa shape index (κ2) is 8.00. The second-order valence-corrected chi connectivity index (χ2v) is 9.13. The minimum Gasteiger partial charge on any atom is -0.380 e. The van der Waals surface area contributed by atoms with Gasteiger partial charge in [-0.25, -0.2) is 4.79 Å². The van der Waals surface area contributed by atoms with Crippen LogP contribution in [0.15, 0.2) is 15.7 Å². The SMILES string of the molecule is O=C(CC1CNc2c(Cl)c(Cl)cc3[nH]c(=O)c(=O)n1c23)N1CCC(N2CCNC2=O)CC1. The highest BCUT2D eigenvalue weighted by Crippen LogP contribution is 2.39. The molecule has 5 rings (SSSR count). The first kappa shape index (κ1) is 21.1. The number of carbonyl (C=O) groups is 2. The van der Waals surface area contributed by atoms with Gasteiger partial charge in [-0.1, -0.05) is 23.2 Å². The Morgan fingerprint density at radius 2 is 1.84 bits per heavy atom. The first-order chi connectivity index (χ1) is 15.3. The van der Waals surface area contributed by atoms with Crippen LogP contribution in [0.4, 0.5) is 10.5 Å². The van der Waals surface area contributed by atoms with Crippen LogP contribution < -0.4 is 21.8 Å². The van der Waals surface area contributed by atoms with Gasteiger partial charge in [0.2, 0.25) is 5.91 Å². The standard InChI is InChI=1S/C20H22Cl2N6O4/c21-12-8-13-17-16(15(12)22)24-9-11(28(17)19(31)18(30)25-13)7-14(29)26-4-1-10(2-5-26)27-6-3-23-20(27)32/h8,10-11,24H,1-7,9H2,(H,23,32)(H,25,30). The van der Waals surface area contributed by atoms with E-state index in [2.05, 4.69) is 15.6 Å². The molecular formula is C20H22Cl2N6O4. The van der Waals surface area contributed by atoms with E-state index in [-0.39, 0.29) is 41.0 Å². The molecule has 170 valence electrons. The van der Waals surface area contributed by atoms with Crippen LogP contribution in [0.25, 0.3) is 11.0 Å². The number of likely N-dealkylation sites (tertiary alicyclic amines) is 1. The molecule has 0 spiro atoms. The highest BCUT2D eigenvalue weighted by atomic mass is 35.5. The molecule has 2 saturated heterocycles. The Morgan fingerprint density at radius 1 is 1.09 bits per heavy atom. The zero-order valence-electron chi connectivity index (χ0n) is 17.1. The Morgan fingerprint density at radius 3 is 2.53 bits per heavy atom. The Hall–Kier alpha value is -2.72. The van der Waals surface area contributed by atoms with Gasteiger partial charge in [0, 0.05) is 45.2 Å². The van der Waals surface area contributed by atoms with Gasteiger partial charge < -0.3 is 25.4 Å². The van der Waals surface area contributed by atoms with E-state index in [1.807, 2.05) is 4.90 Å². The molecule has 0 radical (unpaired) electrons. The molecule has 2 fully saturated rings. The van der Waals surface area contributed by atoms with Gasteiger partial charge in [0.05, 0.1) is 32.8 Å². The van der Waals surface area contributed by atoms with Crippen LogP contribution in [0.3, 0.4) is 0 Å². The number of nitrogens with zero attached hydrogens (tertiary/aromatic N) is 3. The lowest BCUT2D eigenvalue weighted by atomic mass is 10.0. The number of halogens is 2. The van der Waals surface area contributed by atoms with E-state index in [1.54, 1.807) is 4.90 Å². The molecule has 0 bridgehead atoms. The van der Waals surface area contributed by atoms with E-state index < -0.39 is 17.2 Å². The van der Waals surface area contributed by atoms with Gasteiger partial charge in [0.1, 0.15) is 0 Å². The van der Waals surface area contributed by atoms with Crippen molar-refractivity contribution >= 4 is 51.9 Å². The first-order valence-corrected chi connectivity index (χ1v) is 11.3. The number of aromatic amines is 1. The van der Waals surface area contributed by atoms with Crippen LogP contribution in [0.2, 0.25) is 10.0 Å². The number of benzene rings is 1. The molecule has 32 heavy (non-hydrogen) atoms. The molecule has 0 aliphatic carbocycles. The van der Waals surface area contributed by atoms with Crippen molar-refractivity contribution in [2.75, 3.05) is 38.0 Å². The molecular weight excluding hydrogens is 459 g/mol. The molecule has 3 N–H and O–H groups in total. The molecule has 1 unspecified atom stereocenters. The lowest BCUT2D eigenvalue weighted by Crippen LogP contribution is -2.49. The number of rotatable bonds is 3. The van der Waals surface area contributed by atoms with Crippen molar-refractivity contribution in [1.29, 1.82) is 0 Å². The fourth-order valence-corrected chi connectivity index (χ4v) is 5.34. The largest absolute Gasteiger partial charge is 0.380 e. The number of carbonyl (C=O) groups excluding carboxylic acids is 2. The Bertz CT molecular complexity index is 1230. The molecule has 3 amide bonds. The number of amides is 3. The molecule has 3 aliphatic rings. The normalized spacial score (nSPS) is 21.1. The third-order valence-corrected chi connectivity index (χ3v) is 7.32. The summed E-state index contributed by atoms with van der Waals surface area (Å²) in [5.74, 6) is -0.0926. The second-order valence-electron chi connectivity index (χ2n) is 8.35. The highest BCUT2D eigenvalue weighted by Gasteiger charge is 2.34. The number of H-pyrrole nitrogens is 1. The van der Waals surface area contributed by atoms with E-state index in [0.29, 0.717) is 55.7 Å². The van der Waals surface area contributed by atoms with Crippen molar-refractivity contribution in [3.05, 3.63) is 36.8 Å². The summed E-state index contributed by atoms with van der Waals surface area (Å²) in [5.41, 5.74) is -0.211. The quantitative estimate of drug-likeness (QED) is 0.573. The first-order valence-electron chi connectivity index (χ1n) is 10.6. The van der Waals surface area contributed by atoms with E-state index in [1.165, 1.54) is 10.6 Å². The van der Waals surface area contributed by atoms with Gasteiger partial charge in [-0.3, -0.25) is 19.0 Å². The summed E-state index contributed by atoms with van der Waals surface area (Å²) < 4.78 is 1.36. The number of aromatic nitrogens is 2. The Balaban J connectivity index is 1.37. The summed E-state index contributed by atoms with van der Waals surface area (Å²) in [5, 5.41) is 6.50. The van der Waals surface area contributed by atoms with Crippen molar-refractivity contribution in [3.8, 4) is 0 Å². The van der Waals surface area contributed by atoms with Gasteiger partial charge in [-0.2, -0.15) is 0 Å². The van der Waals surface area contributed by atoms with Gasteiger partial charge >= 0.3 is 17.1 Å². The Kier molecular flexibility index (Phi) is 5.29. The molecule has 1 aromatic carbocycles. The monoisotopic (exact) mass is 480 g/mol. The van der Waals surface area contributed by atoms with Gasteiger partial charge in [-0.05, 0) is 18.9 Å². The topological polar surface area (TPSA) is 120 Å². The summed E-state index contributed by atoms with van der Waals surface area (Å²) >= 11 is 12.5. The molecule has 12 heteroatoms. The fourth-order valence-electron chi connectivity index (χ4n) is 4.93. The number of nitrogens with one attached hydrogen (secondary N) is 3. The third-order valence-electron chi connectivity index (χ3n) is 6.53. The molecule has 2 aromatic rings. The van der Waals surface area contributed by atoms with Crippen molar-refractivity contribution in [3.63, 3.8) is 0 Å². The van der Waals surface area contributed by atoms with E-state index in [0.717, 1.165) is 0 Å². The molecule has 1 aromatic heterocycles. The molecule has 3 aliphatic heterocycles. The van der Waals surface area contributed by atoms with Crippen molar-refractivity contribution in [1.82, 2.24) is 24.7 Å². The average molecular weight is 481 g/mol. The highest BCUT2D eigenvalue weighted by molar-refractivity contribution is 6.45. The zero-order valence-corrected chi connectivity index (χ0v) is 18.6. The van der Waals surface area contributed by atoms with Crippen LogP contribution in [0.5, 0.6) is 0 Å². The minimum absolute atomic E-state index is 0.0434. The van der Waals surface area contributed by atoms with E-state index in [4.69, 9.17) is 23.2 Å². The van der Waals surface area contributed by atoms with Gasteiger partial charge in [0.25, 0.3) is 0 Å². The lowest BCUT2D eigenvalue weighted by molar-refractivity contribution is -0.133. The number of hydrogen-bond donors (Lipinski definition) is 3. The predicted molar refractivity (Wildman–Crippen MR) is 121 cm³/mol. The van der Waals surface area contributed by atoms with Crippen LogP contribution >= 0.6 is 23.2 Å². The van der Waals surface area contributed by atoms with E-state index in [9.17, 15) is 19.2 Å². The maximum Gasteiger partial charge on any atom is 0.317 e. The average Bonchev–Trinajstić information content (AvgIpc) is 3.21.